The van der Waals surface area contributed by atoms with Gasteiger partial charge in [0.15, 0.2) is 0 Å². The van der Waals surface area contributed by atoms with E-state index >= 15 is 0 Å². The van der Waals surface area contributed by atoms with Crippen LogP contribution >= 0.6 is 24.0 Å². The van der Waals surface area contributed by atoms with Crippen LogP contribution in [0.1, 0.15) is 53.2 Å². The molecule has 9 heteroatoms. The van der Waals surface area contributed by atoms with Crippen LogP contribution in [0.2, 0.25) is 5.02 Å². The molecule has 1 aliphatic heterocycles. The van der Waals surface area contributed by atoms with Gasteiger partial charge in [0, 0.05) is 43.0 Å². The molecule has 3 aromatic carbocycles. The summed E-state index contributed by atoms with van der Waals surface area (Å²) in [6.45, 7) is 2.66. The number of anilines is 1. The van der Waals surface area contributed by atoms with E-state index in [-0.39, 0.29) is 46.5 Å². The van der Waals surface area contributed by atoms with E-state index in [1.807, 2.05) is 17.0 Å². The summed E-state index contributed by atoms with van der Waals surface area (Å²) in [4.78, 5) is 43.2. The molecule has 0 radical (unpaired) electrons. The van der Waals surface area contributed by atoms with Gasteiger partial charge in [0.2, 0.25) is 11.8 Å². The minimum absolute atomic E-state index is 0. The Bertz CT molecular complexity index is 1310. The van der Waals surface area contributed by atoms with Gasteiger partial charge >= 0.3 is 5.97 Å². The number of carboxylic acids is 1. The molecule has 1 heterocycles. The molecule has 2 fully saturated rings. The van der Waals surface area contributed by atoms with Gasteiger partial charge < -0.3 is 15.3 Å². The van der Waals surface area contributed by atoms with Crippen molar-refractivity contribution in [1.82, 2.24) is 9.80 Å². The summed E-state index contributed by atoms with van der Waals surface area (Å²) in [6, 6.07) is 25.3. The number of benzene rings is 3. The maximum Gasteiger partial charge on any atom is 0.337 e. The van der Waals surface area contributed by atoms with E-state index in [2.05, 4.69) is 58.7 Å². The molecule has 2 aliphatic rings. The maximum absolute atomic E-state index is 13.8. The average molecular weight is 597 g/mol. The number of rotatable bonds is 7. The molecule has 0 bridgehead atoms. The summed E-state index contributed by atoms with van der Waals surface area (Å²) in [6.07, 6.45) is 3.01. The Morgan fingerprint density at radius 3 is 1.93 bits per heavy atom. The topological polar surface area (TPSA) is 89.9 Å². The molecule has 216 valence electrons. The van der Waals surface area contributed by atoms with E-state index in [1.54, 1.807) is 6.07 Å². The van der Waals surface area contributed by atoms with Crippen molar-refractivity contribution in [2.45, 2.75) is 31.7 Å². The fraction of sp³-hybridized carbons (Fsp3) is 0.344. The standard InChI is InChI=1S/C32H34ClN3O4.ClH/c33-24-15-16-28(27(21-24)32(39)40)34-30(37)25-13-7-8-14-26(25)31(38)36-19-17-35(18-20-36)29(22-9-3-1-4-10-22)23-11-5-2-6-12-23;/h1-6,9-12,15-16,21,25-26,29H,7-8,13-14,17-20H2,(H,34,37)(H,39,40);1H. The third-order valence-corrected chi connectivity index (χ3v) is 8.35. The highest BCUT2D eigenvalue weighted by Gasteiger charge is 2.39. The molecular formula is C32H35Cl2N3O4. The zero-order valence-corrected chi connectivity index (χ0v) is 24.3. The fourth-order valence-corrected chi connectivity index (χ4v) is 6.26. The second kappa shape index (κ2) is 14.0. The van der Waals surface area contributed by atoms with Crippen LogP contribution in [0.4, 0.5) is 5.69 Å². The lowest BCUT2D eigenvalue weighted by molar-refractivity contribution is -0.144. The summed E-state index contributed by atoms with van der Waals surface area (Å²) in [7, 11) is 0. The van der Waals surface area contributed by atoms with Gasteiger partial charge in [-0.2, -0.15) is 0 Å². The SMILES string of the molecule is Cl.O=C(O)c1cc(Cl)ccc1NC(=O)C1CCCCC1C(=O)N1CCN(C(c2ccccc2)c2ccccc2)CC1. The lowest BCUT2D eigenvalue weighted by atomic mass is 9.77. The molecular weight excluding hydrogens is 561 g/mol. The Labute approximate surface area is 251 Å². The van der Waals surface area contributed by atoms with Gasteiger partial charge in [-0.3, -0.25) is 14.5 Å². The van der Waals surface area contributed by atoms with Crippen LogP contribution in [0.25, 0.3) is 0 Å². The van der Waals surface area contributed by atoms with E-state index in [9.17, 15) is 19.5 Å². The van der Waals surface area contributed by atoms with Gasteiger partial charge in [-0.15, -0.1) is 12.4 Å². The predicted octanol–water partition coefficient (Wildman–Crippen LogP) is 6.14. The molecule has 2 amide bonds. The number of halogens is 2. The van der Waals surface area contributed by atoms with Crippen molar-refractivity contribution in [2.24, 2.45) is 11.8 Å². The Balaban J connectivity index is 0.00000387. The number of piperazine rings is 1. The van der Waals surface area contributed by atoms with Crippen molar-refractivity contribution >= 4 is 47.5 Å². The average Bonchev–Trinajstić information content (AvgIpc) is 2.99. The Morgan fingerprint density at radius 2 is 1.37 bits per heavy atom. The summed E-state index contributed by atoms with van der Waals surface area (Å²) >= 11 is 5.97. The van der Waals surface area contributed by atoms with Crippen LogP contribution in [-0.4, -0.2) is 58.9 Å². The van der Waals surface area contributed by atoms with Crippen molar-refractivity contribution in [3.05, 3.63) is 101 Å². The van der Waals surface area contributed by atoms with Crippen molar-refractivity contribution in [3.8, 4) is 0 Å². The Hall–Kier alpha value is -3.39. The van der Waals surface area contributed by atoms with Gasteiger partial charge in [0.05, 0.1) is 17.3 Å². The first-order valence-electron chi connectivity index (χ1n) is 13.9. The van der Waals surface area contributed by atoms with Crippen LogP contribution in [0.15, 0.2) is 78.9 Å². The number of nitrogens with zero attached hydrogens (tertiary/aromatic N) is 2. The number of carboxylic acid groups (broad SMARTS) is 1. The second-order valence-corrected chi connectivity index (χ2v) is 11.0. The Kier molecular flexibility index (Phi) is 10.4. The quantitative estimate of drug-likeness (QED) is 0.342. The van der Waals surface area contributed by atoms with Crippen LogP contribution in [0.3, 0.4) is 0 Å². The summed E-state index contributed by atoms with van der Waals surface area (Å²) < 4.78 is 0. The summed E-state index contributed by atoms with van der Waals surface area (Å²) in [5.74, 6) is -2.38. The largest absolute Gasteiger partial charge is 0.478 e. The molecule has 1 saturated carbocycles. The van der Waals surface area contributed by atoms with Crippen molar-refractivity contribution in [1.29, 1.82) is 0 Å². The monoisotopic (exact) mass is 595 g/mol. The van der Waals surface area contributed by atoms with Gasteiger partial charge in [-0.05, 0) is 42.2 Å². The van der Waals surface area contributed by atoms with Gasteiger partial charge in [0.1, 0.15) is 0 Å². The van der Waals surface area contributed by atoms with Crippen molar-refractivity contribution in [3.63, 3.8) is 0 Å². The number of carbonyl (C=O) groups is 3. The van der Waals surface area contributed by atoms with Crippen molar-refractivity contribution in [2.75, 3.05) is 31.5 Å². The number of aromatic carboxylic acids is 1. The molecule has 1 aliphatic carbocycles. The third-order valence-electron chi connectivity index (χ3n) is 8.11. The third kappa shape index (κ3) is 7.10. The number of carbonyl (C=O) groups excluding carboxylic acids is 2. The van der Waals surface area contributed by atoms with E-state index in [1.165, 1.54) is 23.3 Å². The van der Waals surface area contributed by atoms with Gasteiger partial charge in [-0.1, -0.05) is 85.1 Å². The number of hydrogen-bond acceptors (Lipinski definition) is 4. The molecule has 7 nitrogen and oxygen atoms in total. The highest BCUT2D eigenvalue weighted by atomic mass is 35.5. The molecule has 0 aromatic heterocycles. The smallest absolute Gasteiger partial charge is 0.337 e. The second-order valence-electron chi connectivity index (χ2n) is 10.6. The van der Waals surface area contributed by atoms with Crippen LogP contribution < -0.4 is 5.32 Å². The molecule has 2 unspecified atom stereocenters. The van der Waals surface area contributed by atoms with E-state index in [0.717, 1.165) is 25.9 Å². The molecule has 2 atom stereocenters. The highest BCUT2D eigenvalue weighted by molar-refractivity contribution is 6.31. The minimum Gasteiger partial charge on any atom is -0.478 e. The van der Waals surface area contributed by atoms with E-state index in [0.29, 0.717) is 25.9 Å². The molecule has 3 aromatic rings. The fourth-order valence-electron chi connectivity index (χ4n) is 6.09. The summed E-state index contributed by atoms with van der Waals surface area (Å²) in [5.41, 5.74) is 2.57. The molecule has 1 saturated heterocycles. The van der Waals surface area contributed by atoms with Crippen LogP contribution in [0.5, 0.6) is 0 Å². The van der Waals surface area contributed by atoms with E-state index in [4.69, 9.17) is 11.6 Å². The zero-order valence-electron chi connectivity index (χ0n) is 22.7. The lowest BCUT2D eigenvalue weighted by Gasteiger charge is -2.42. The number of nitrogens with one attached hydrogen (secondary N) is 1. The summed E-state index contributed by atoms with van der Waals surface area (Å²) in [5, 5.41) is 12.6. The van der Waals surface area contributed by atoms with E-state index < -0.39 is 17.8 Å². The first-order chi connectivity index (χ1) is 19.4. The highest BCUT2D eigenvalue weighted by Crippen LogP contribution is 2.35. The molecule has 5 rings (SSSR count). The molecule has 41 heavy (non-hydrogen) atoms. The molecule has 0 spiro atoms. The first-order valence-corrected chi connectivity index (χ1v) is 14.3. The van der Waals surface area contributed by atoms with Gasteiger partial charge in [0.25, 0.3) is 0 Å². The zero-order chi connectivity index (χ0) is 28.1. The number of amides is 2. The predicted molar refractivity (Wildman–Crippen MR) is 163 cm³/mol. The Morgan fingerprint density at radius 1 is 0.805 bits per heavy atom. The number of hydrogen-bond donors (Lipinski definition) is 2. The van der Waals surface area contributed by atoms with Gasteiger partial charge in [-0.25, -0.2) is 4.79 Å². The van der Waals surface area contributed by atoms with Crippen LogP contribution in [0, 0.1) is 11.8 Å². The lowest BCUT2D eigenvalue weighted by Crippen LogP contribution is -2.53. The maximum atomic E-state index is 13.8. The van der Waals surface area contributed by atoms with Crippen LogP contribution in [-0.2, 0) is 9.59 Å². The minimum atomic E-state index is -1.17. The normalized spacial score (nSPS) is 19.3. The molecule has 2 N–H and O–H groups in total. The first kappa shape index (κ1) is 30.6. The van der Waals surface area contributed by atoms with Crippen molar-refractivity contribution < 1.29 is 19.5 Å².